The summed E-state index contributed by atoms with van der Waals surface area (Å²) in [4.78, 5) is 4.13. The van der Waals surface area contributed by atoms with Crippen molar-refractivity contribution in [2.45, 2.75) is 81.7 Å². The lowest BCUT2D eigenvalue weighted by Gasteiger charge is -2.42. The lowest BCUT2D eigenvalue weighted by atomic mass is 9.98. The van der Waals surface area contributed by atoms with Crippen LogP contribution in [0.2, 0.25) is 0 Å². The van der Waals surface area contributed by atoms with Crippen molar-refractivity contribution in [1.29, 1.82) is 0 Å². The maximum atomic E-state index is 10.1. The van der Waals surface area contributed by atoms with E-state index in [2.05, 4.69) is 4.89 Å². The average Bonchev–Trinajstić information content (AvgIpc) is 2.61. The van der Waals surface area contributed by atoms with Gasteiger partial charge in [-0.3, -0.25) is 5.26 Å². The fraction of sp³-hybridized carbons (Fsp3) is 1.00. The molecule has 0 saturated carbocycles. The van der Waals surface area contributed by atoms with E-state index < -0.39 is 74.1 Å². The van der Waals surface area contributed by atoms with Crippen LogP contribution in [-0.2, 0) is 19.1 Å². The van der Waals surface area contributed by atoms with Crippen LogP contribution in [0.5, 0.6) is 0 Å². The normalized spacial score (nSPS) is 34.1. The molecule has 9 atom stereocenters. The Morgan fingerprint density at radius 1 is 1.11 bits per heavy atom. The second-order valence-electron chi connectivity index (χ2n) is 6.99. The number of hydrogen-bond acceptors (Lipinski definition) is 12. The third kappa shape index (κ3) is 6.52. The van der Waals surface area contributed by atoms with E-state index in [1.165, 1.54) is 20.8 Å². The van der Waals surface area contributed by atoms with Gasteiger partial charge in [0.2, 0.25) is 0 Å². The summed E-state index contributed by atoms with van der Waals surface area (Å²) in [6, 6.07) is 0. The smallest absolute Gasteiger partial charge is 0.190 e. The van der Waals surface area contributed by atoms with Crippen molar-refractivity contribution in [2.75, 3.05) is 13.2 Å². The number of ether oxygens (including phenoxy) is 3. The largest absolute Gasteiger partial charge is 0.394 e. The zero-order chi connectivity index (χ0) is 20.9. The zero-order valence-corrected chi connectivity index (χ0v) is 15.3. The van der Waals surface area contributed by atoms with Gasteiger partial charge in [-0.15, -0.1) is 0 Å². The molecule has 1 aliphatic rings. The lowest BCUT2D eigenvalue weighted by molar-refractivity contribution is -0.397. The van der Waals surface area contributed by atoms with Crippen molar-refractivity contribution in [3.63, 3.8) is 0 Å². The number of hydrogen-bond donors (Lipinski definition) is 8. The Hall–Kier alpha value is -0.480. The third-order valence-corrected chi connectivity index (χ3v) is 4.40. The standard InChI is InChI=1S/C15H30O12/c1-6(15(2,3)22)25-14-12(27-23)11(20)10(19)8(26-14)5-24-13(21)9(18)7(17)4-16/h6-14,16-23H,4-5H2,1-3H3. The zero-order valence-electron chi connectivity index (χ0n) is 15.3. The van der Waals surface area contributed by atoms with Crippen molar-refractivity contribution in [2.24, 2.45) is 0 Å². The maximum absolute atomic E-state index is 10.1. The minimum absolute atomic E-state index is 0.552. The first-order valence-electron chi connectivity index (χ1n) is 8.40. The molecule has 0 bridgehead atoms. The molecular formula is C15H30O12. The van der Waals surface area contributed by atoms with Crippen LogP contribution in [0.4, 0.5) is 0 Å². The van der Waals surface area contributed by atoms with E-state index in [9.17, 15) is 30.6 Å². The van der Waals surface area contributed by atoms with Gasteiger partial charge in [-0.1, -0.05) is 0 Å². The van der Waals surface area contributed by atoms with Gasteiger partial charge in [0.15, 0.2) is 18.7 Å². The molecule has 162 valence electrons. The van der Waals surface area contributed by atoms with Crippen LogP contribution >= 0.6 is 0 Å². The van der Waals surface area contributed by atoms with Crippen LogP contribution in [0, 0.1) is 0 Å². The summed E-state index contributed by atoms with van der Waals surface area (Å²) >= 11 is 0. The summed E-state index contributed by atoms with van der Waals surface area (Å²) in [5, 5.41) is 76.3. The van der Waals surface area contributed by atoms with Crippen LogP contribution in [0.3, 0.4) is 0 Å². The predicted octanol–water partition coefficient (Wildman–Crippen LogP) is -3.48. The molecular weight excluding hydrogens is 372 g/mol. The molecule has 0 spiro atoms. The van der Waals surface area contributed by atoms with E-state index >= 15 is 0 Å². The second-order valence-corrected chi connectivity index (χ2v) is 6.99. The molecule has 0 radical (unpaired) electrons. The van der Waals surface area contributed by atoms with Gasteiger partial charge < -0.3 is 50.0 Å². The Morgan fingerprint density at radius 3 is 2.19 bits per heavy atom. The van der Waals surface area contributed by atoms with Crippen LogP contribution < -0.4 is 0 Å². The summed E-state index contributed by atoms with van der Waals surface area (Å²) in [6.45, 7) is 3.07. The van der Waals surface area contributed by atoms with Crippen molar-refractivity contribution in [3.05, 3.63) is 0 Å². The van der Waals surface area contributed by atoms with E-state index in [-0.39, 0.29) is 0 Å². The molecule has 27 heavy (non-hydrogen) atoms. The highest BCUT2D eigenvalue weighted by Crippen LogP contribution is 2.27. The monoisotopic (exact) mass is 402 g/mol. The molecule has 8 N–H and O–H groups in total. The van der Waals surface area contributed by atoms with Gasteiger partial charge in [0.25, 0.3) is 0 Å². The summed E-state index contributed by atoms with van der Waals surface area (Å²) in [5.41, 5.74) is -1.29. The summed E-state index contributed by atoms with van der Waals surface area (Å²) in [6.07, 6.45) is -13.7. The fourth-order valence-electron chi connectivity index (χ4n) is 2.22. The first-order valence-corrected chi connectivity index (χ1v) is 8.40. The molecule has 0 aromatic carbocycles. The molecule has 12 heteroatoms. The van der Waals surface area contributed by atoms with E-state index in [1.807, 2.05) is 0 Å². The third-order valence-electron chi connectivity index (χ3n) is 4.40. The van der Waals surface area contributed by atoms with Crippen molar-refractivity contribution in [3.8, 4) is 0 Å². The van der Waals surface area contributed by atoms with E-state index in [0.29, 0.717) is 0 Å². The molecule has 0 aromatic heterocycles. The minimum atomic E-state index is -1.92. The van der Waals surface area contributed by atoms with Crippen LogP contribution in [-0.4, -0.2) is 115 Å². The van der Waals surface area contributed by atoms with Gasteiger partial charge in [0.1, 0.15) is 30.5 Å². The Bertz CT molecular complexity index is 430. The molecule has 0 amide bonds. The molecule has 1 aliphatic heterocycles. The predicted molar refractivity (Wildman–Crippen MR) is 86.1 cm³/mol. The average molecular weight is 402 g/mol. The Balaban J connectivity index is 2.77. The number of aliphatic hydroxyl groups excluding tert-OH is 6. The molecule has 1 saturated heterocycles. The summed E-state index contributed by atoms with van der Waals surface area (Å²) in [7, 11) is 0. The topological polar surface area (TPSA) is 199 Å². The highest BCUT2D eigenvalue weighted by molar-refractivity contribution is 4.91. The van der Waals surface area contributed by atoms with Gasteiger partial charge in [0, 0.05) is 0 Å². The summed E-state index contributed by atoms with van der Waals surface area (Å²) in [5.74, 6) is 0. The van der Waals surface area contributed by atoms with Crippen LogP contribution in [0.15, 0.2) is 0 Å². The van der Waals surface area contributed by atoms with E-state index in [0.717, 1.165) is 0 Å². The molecule has 1 fully saturated rings. The van der Waals surface area contributed by atoms with Gasteiger partial charge in [-0.2, -0.15) is 0 Å². The van der Waals surface area contributed by atoms with E-state index in [4.69, 9.17) is 24.6 Å². The van der Waals surface area contributed by atoms with Gasteiger partial charge in [-0.25, -0.2) is 4.89 Å². The first kappa shape index (κ1) is 24.6. The van der Waals surface area contributed by atoms with E-state index in [1.54, 1.807) is 0 Å². The quantitative estimate of drug-likeness (QED) is 0.102. The van der Waals surface area contributed by atoms with Gasteiger partial charge >= 0.3 is 0 Å². The summed E-state index contributed by atoms with van der Waals surface area (Å²) < 4.78 is 15.8. The highest BCUT2D eigenvalue weighted by atomic mass is 17.1. The van der Waals surface area contributed by atoms with Gasteiger partial charge in [-0.05, 0) is 20.8 Å². The SMILES string of the molecule is CC(OC1OC(COC(O)C(O)C(O)CO)C(O)C(O)C1OO)C(C)(C)O. The van der Waals surface area contributed by atoms with Crippen molar-refractivity contribution < 1.29 is 60.1 Å². The lowest BCUT2D eigenvalue weighted by Crippen LogP contribution is -2.61. The Morgan fingerprint density at radius 2 is 1.70 bits per heavy atom. The molecule has 12 nitrogen and oxygen atoms in total. The molecule has 1 heterocycles. The second kappa shape index (κ2) is 10.3. The highest BCUT2D eigenvalue weighted by Gasteiger charge is 2.48. The van der Waals surface area contributed by atoms with Gasteiger partial charge in [0.05, 0.1) is 24.9 Å². The molecule has 0 aromatic rings. The number of aliphatic hydroxyl groups is 7. The first-order chi connectivity index (χ1) is 12.4. The van der Waals surface area contributed by atoms with Crippen LogP contribution in [0.1, 0.15) is 20.8 Å². The van der Waals surface area contributed by atoms with Crippen LogP contribution in [0.25, 0.3) is 0 Å². The maximum Gasteiger partial charge on any atom is 0.190 e. The Labute approximate surface area is 156 Å². The van der Waals surface area contributed by atoms with Crippen molar-refractivity contribution >= 4 is 0 Å². The van der Waals surface area contributed by atoms with Crippen molar-refractivity contribution in [1.82, 2.24) is 0 Å². The minimum Gasteiger partial charge on any atom is -0.394 e. The number of rotatable bonds is 10. The Kier molecular flexibility index (Phi) is 9.41. The molecule has 1 rings (SSSR count). The fourth-order valence-corrected chi connectivity index (χ4v) is 2.22. The molecule has 0 aliphatic carbocycles. The molecule has 9 unspecified atom stereocenters.